The monoisotopic (exact) mass is 1070 g/mol. The van der Waals surface area contributed by atoms with E-state index in [-0.39, 0.29) is 41.8 Å². The van der Waals surface area contributed by atoms with Gasteiger partial charge in [-0.15, -0.1) is 0 Å². The average molecular weight is 1070 g/mol. The lowest BCUT2D eigenvalue weighted by molar-refractivity contribution is -0.134. The average Bonchev–Trinajstić information content (AvgIpc) is 4.11. The number of anilines is 3. The van der Waals surface area contributed by atoms with E-state index in [2.05, 4.69) is 41.5 Å². The Balaban J connectivity index is 0.679. The zero-order chi connectivity index (χ0) is 54.2. The summed E-state index contributed by atoms with van der Waals surface area (Å²) >= 11 is 1.45. The van der Waals surface area contributed by atoms with Gasteiger partial charge in [0.1, 0.15) is 23.0 Å². The lowest BCUT2D eigenvalue weighted by Crippen LogP contribution is -2.46. The molecule has 0 spiro atoms. The van der Waals surface area contributed by atoms with Gasteiger partial charge in [0.25, 0.3) is 5.91 Å². The molecule has 17 heteroatoms. The molecule has 1 atom stereocenters. The molecule has 3 amide bonds. The molecule has 1 aliphatic carbocycles. The highest BCUT2D eigenvalue weighted by atomic mass is 32.1. The fourth-order valence-corrected chi connectivity index (χ4v) is 12.7. The Morgan fingerprint density at radius 1 is 0.846 bits per heavy atom. The van der Waals surface area contributed by atoms with Gasteiger partial charge in [-0.3, -0.25) is 34.6 Å². The van der Waals surface area contributed by atoms with E-state index in [9.17, 15) is 19.2 Å². The zero-order valence-corrected chi connectivity index (χ0v) is 46.0. The Kier molecular flexibility index (Phi) is 15.1. The van der Waals surface area contributed by atoms with Crippen molar-refractivity contribution in [1.29, 1.82) is 0 Å². The normalized spacial score (nSPS) is 19.2. The van der Waals surface area contributed by atoms with Gasteiger partial charge in [0.05, 0.1) is 39.1 Å². The number of para-hydroxylation sites is 1. The van der Waals surface area contributed by atoms with E-state index >= 15 is 4.39 Å². The summed E-state index contributed by atoms with van der Waals surface area (Å²) in [6.07, 6.45) is 9.12. The first-order valence-corrected chi connectivity index (χ1v) is 28.4. The number of piperazine rings is 1. The molecule has 4 aliphatic rings. The van der Waals surface area contributed by atoms with Crippen molar-refractivity contribution in [2.24, 2.45) is 13.0 Å². The third-order valence-corrected chi connectivity index (χ3v) is 17.0. The van der Waals surface area contributed by atoms with E-state index in [0.29, 0.717) is 70.7 Å². The minimum Gasteiger partial charge on any atom is -0.490 e. The van der Waals surface area contributed by atoms with E-state index in [4.69, 9.17) is 14.5 Å². The molecule has 2 N–H and O–H groups in total. The number of aryl methyl sites for hydroxylation is 1. The number of hydrogen-bond donors (Lipinski definition) is 2. The number of nitrogens with one attached hydrogen (secondary N) is 2. The highest BCUT2D eigenvalue weighted by Gasteiger charge is 2.34. The molecule has 0 radical (unpaired) electrons. The highest BCUT2D eigenvalue weighted by Crippen LogP contribution is 2.39. The molecule has 15 nitrogen and oxygen atoms in total. The Labute approximate surface area is 458 Å². The molecular weight excluding hydrogens is 1010 g/mol. The van der Waals surface area contributed by atoms with Crippen molar-refractivity contribution < 1.29 is 33.0 Å². The molecule has 6 heterocycles. The summed E-state index contributed by atoms with van der Waals surface area (Å²) in [7, 11) is 1.81. The van der Waals surface area contributed by atoms with Crippen LogP contribution in [-0.2, 0) is 34.3 Å². The number of benzene rings is 4. The lowest BCUT2D eigenvalue weighted by Gasteiger charge is -2.36. The van der Waals surface area contributed by atoms with Gasteiger partial charge in [-0.05, 0) is 156 Å². The second-order valence-corrected chi connectivity index (χ2v) is 23.5. The molecule has 7 aromatic rings. The van der Waals surface area contributed by atoms with Crippen LogP contribution < -0.4 is 25.2 Å². The van der Waals surface area contributed by atoms with Crippen LogP contribution in [0.4, 0.5) is 21.0 Å². The van der Waals surface area contributed by atoms with Crippen molar-refractivity contribution in [3.63, 3.8) is 0 Å². The van der Waals surface area contributed by atoms with Crippen molar-refractivity contribution in [2.75, 3.05) is 54.4 Å². The molecule has 406 valence electrons. The molecule has 3 aliphatic heterocycles. The van der Waals surface area contributed by atoms with Crippen LogP contribution in [0, 0.1) is 18.7 Å². The fourth-order valence-electron chi connectivity index (χ4n) is 11.9. The van der Waals surface area contributed by atoms with Crippen molar-refractivity contribution in [2.45, 2.75) is 116 Å². The number of aromatic nitrogens is 4. The summed E-state index contributed by atoms with van der Waals surface area (Å²) in [6, 6.07) is 27.0. The Morgan fingerprint density at radius 2 is 1.64 bits per heavy atom. The number of carbonyl (C=O) groups is 4. The number of imide groups is 1. The molecule has 2 saturated heterocycles. The molecule has 3 fully saturated rings. The van der Waals surface area contributed by atoms with Gasteiger partial charge in [0.2, 0.25) is 11.8 Å². The van der Waals surface area contributed by atoms with E-state index in [1.54, 1.807) is 4.68 Å². The van der Waals surface area contributed by atoms with Gasteiger partial charge >= 0.3 is 5.97 Å². The number of carbonyl (C=O) groups excluding carboxylic acids is 4. The number of piperidine rings is 1. The first kappa shape index (κ1) is 52.8. The van der Waals surface area contributed by atoms with Crippen LogP contribution in [0.3, 0.4) is 0 Å². The second-order valence-electron chi connectivity index (χ2n) is 22.5. The maximum Gasteiger partial charge on any atom is 0.358 e. The first-order valence-electron chi connectivity index (χ1n) is 27.6. The molecule has 4 aromatic carbocycles. The largest absolute Gasteiger partial charge is 0.490 e. The van der Waals surface area contributed by atoms with Gasteiger partial charge in [-0.2, -0.15) is 5.10 Å². The number of fused-ring (bicyclic) bond motifs is 3. The number of rotatable bonds is 14. The van der Waals surface area contributed by atoms with E-state index in [1.807, 2.05) is 108 Å². The van der Waals surface area contributed by atoms with E-state index in [1.165, 1.54) is 30.2 Å². The molecule has 78 heavy (non-hydrogen) atoms. The van der Waals surface area contributed by atoms with Gasteiger partial charge < -0.3 is 19.3 Å². The van der Waals surface area contributed by atoms with E-state index in [0.717, 1.165) is 109 Å². The van der Waals surface area contributed by atoms with Crippen molar-refractivity contribution in [3.05, 3.63) is 124 Å². The minimum absolute atomic E-state index is 0.100. The number of nitrogens with zero attached hydrogens (tertiary/aromatic N) is 7. The fraction of sp³-hybridized carbons (Fsp3) is 0.426. The van der Waals surface area contributed by atoms with Crippen LogP contribution in [0.1, 0.15) is 128 Å². The summed E-state index contributed by atoms with van der Waals surface area (Å²) < 4.78 is 31.2. The van der Waals surface area contributed by atoms with Crippen molar-refractivity contribution >= 4 is 72.8 Å². The Morgan fingerprint density at radius 3 is 2.42 bits per heavy atom. The molecule has 3 aromatic heterocycles. The summed E-state index contributed by atoms with van der Waals surface area (Å²) in [5, 5.41) is 11.2. The summed E-state index contributed by atoms with van der Waals surface area (Å²) in [5.41, 5.74) is 7.28. The third kappa shape index (κ3) is 11.4. The standard InChI is InChI=1S/C61H68FN9O6S/c1-37-41(42-23-25-53(64-56(42)59(75)77-61(2,3)4)71-29-27-39-13-10-15-43(46(39)36-71)57(73)66-60-63-48-16-6-7-18-52(48)78-60)14-11-17-51(37)76-40-21-19-38(20-22-40)12-8-9-28-69-30-32-70(33-31-69)50-35-49-45(34-47(50)62)55(67-68(49)5)44-24-26-54(72)65-58(44)74/h6-7,10-11,13-18,23,25,34-35,38,40,44H,8-9,12,19-22,24,26-33,36H2,1-5H3,(H,63,66,73)(H,65,72,74). The van der Waals surface area contributed by atoms with Gasteiger partial charge in [-0.25, -0.2) is 19.2 Å². The summed E-state index contributed by atoms with van der Waals surface area (Å²) in [4.78, 5) is 68.7. The minimum atomic E-state index is -0.741. The van der Waals surface area contributed by atoms with Crippen LogP contribution in [0.25, 0.3) is 32.2 Å². The Bertz CT molecular complexity index is 3390. The number of esters is 1. The topological polar surface area (TPSA) is 164 Å². The SMILES string of the molecule is Cc1c(OC2CCC(CCCCN3CCN(c4cc5c(cc4F)c(C4CCC(=O)NC4=O)nn5C)CC3)CC2)cccc1-c1ccc(N2CCc3cccc(C(=O)Nc4nc5ccccc5s4)c3C2)nc1C(=O)OC(C)(C)C. The van der Waals surface area contributed by atoms with Crippen LogP contribution in [-0.4, -0.2) is 99.3 Å². The molecule has 11 rings (SSSR count). The summed E-state index contributed by atoms with van der Waals surface area (Å²) in [5.74, 6) is -0.173. The summed E-state index contributed by atoms with van der Waals surface area (Å²) in [6.45, 7) is 12.9. The number of ether oxygens (including phenoxy) is 2. The number of unbranched alkanes of at least 4 members (excludes halogenated alkanes) is 1. The molecule has 1 unspecified atom stereocenters. The van der Waals surface area contributed by atoms with Crippen LogP contribution in [0.15, 0.2) is 84.9 Å². The first-order chi connectivity index (χ1) is 37.6. The predicted molar refractivity (Wildman–Crippen MR) is 303 cm³/mol. The van der Waals surface area contributed by atoms with Gasteiger partial charge in [0, 0.05) is 69.3 Å². The quantitative estimate of drug-likeness (QED) is 0.0603. The maximum absolute atomic E-state index is 15.7. The predicted octanol–water partition coefficient (Wildman–Crippen LogP) is 10.9. The van der Waals surface area contributed by atoms with Crippen LogP contribution in [0.5, 0.6) is 5.75 Å². The van der Waals surface area contributed by atoms with Crippen LogP contribution >= 0.6 is 11.3 Å². The molecular formula is C61H68FN9O6S. The molecule has 0 bridgehead atoms. The lowest BCUT2D eigenvalue weighted by atomic mass is 9.84. The highest BCUT2D eigenvalue weighted by molar-refractivity contribution is 7.22. The van der Waals surface area contributed by atoms with Crippen molar-refractivity contribution in [1.82, 2.24) is 30.0 Å². The van der Waals surface area contributed by atoms with Crippen molar-refractivity contribution in [3.8, 4) is 16.9 Å². The number of pyridine rings is 1. The van der Waals surface area contributed by atoms with Gasteiger partial charge in [0.15, 0.2) is 10.8 Å². The number of amides is 3. The second kappa shape index (κ2) is 22.2. The zero-order valence-electron chi connectivity index (χ0n) is 45.2. The Hall–Kier alpha value is -7.24. The molecule has 1 saturated carbocycles. The third-order valence-electron chi connectivity index (χ3n) is 16.1. The smallest absolute Gasteiger partial charge is 0.358 e. The van der Waals surface area contributed by atoms with Crippen LogP contribution in [0.2, 0.25) is 0 Å². The van der Waals surface area contributed by atoms with Gasteiger partial charge in [-0.1, -0.05) is 60.6 Å². The number of thiazole rings is 1. The number of hydrogen-bond acceptors (Lipinski definition) is 13. The van der Waals surface area contributed by atoms with E-state index < -0.39 is 17.5 Å². The maximum atomic E-state index is 15.7. The number of halogens is 1.